The second-order valence-electron chi connectivity index (χ2n) is 5.73. The molecule has 0 spiro atoms. The Balaban J connectivity index is 1.92. The van der Waals surface area contributed by atoms with Crippen LogP contribution in [-0.2, 0) is 4.74 Å². The zero-order valence-electron chi connectivity index (χ0n) is 11.6. The third-order valence-corrected chi connectivity index (χ3v) is 3.59. The molecule has 1 heterocycles. The largest absolute Gasteiger partial charge is 0.381 e. The van der Waals surface area contributed by atoms with E-state index in [2.05, 4.69) is 49.5 Å². The lowest BCUT2D eigenvalue weighted by atomic mass is 9.96. The van der Waals surface area contributed by atoms with Crippen molar-refractivity contribution in [2.75, 3.05) is 19.8 Å². The molecular weight excluding hydrogens is 222 g/mol. The fraction of sp³-hybridized carbons (Fsp3) is 0.625. The Labute approximate surface area is 111 Å². The highest BCUT2D eigenvalue weighted by Crippen LogP contribution is 2.22. The number of nitrogens with one attached hydrogen (secondary N) is 1. The molecule has 1 aromatic rings. The van der Waals surface area contributed by atoms with Crippen molar-refractivity contribution in [1.29, 1.82) is 0 Å². The van der Waals surface area contributed by atoms with E-state index in [-0.39, 0.29) is 0 Å². The molecule has 1 N–H and O–H groups in total. The van der Waals surface area contributed by atoms with E-state index in [0.29, 0.717) is 17.9 Å². The first-order valence-corrected chi connectivity index (χ1v) is 7.11. The van der Waals surface area contributed by atoms with E-state index in [1.165, 1.54) is 18.4 Å². The van der Waals surface area contributed by atoms with Crippen LogP contribution in [0.15, 0.2) is 30.3 Å². The molecule has 1 aromatic carbocycles. The van der Waals surface area contributed by atoms with Crippen LogP contribution in [0.2, 0.25) is 0 Å². The molecular formula is C16H25NO. The van der Waals surface area contributed by atoms with Crippen LogP contribution in [0.25, 0.3) is 0 Å². The predicted molar refractivity (Wildman–Crippen MR) is 75.6 cm³/mol. The van der Waals surface area contributed by atoms with Gasteiger partial charge >= 0.3 is 0 Å². The lowest BCUT2D eigenvalue weighted by molar-refractivity contribution is 0.184. The molecule has 18 heavy (non-hydrogen) atoms. The van der Waals surface area contributed by atoms with Gasteiger partial charge in [-0.1, -0.05) is 44.2 Å². The maximum absolute atomic E-state index is 5.44. The van der Waals surface area contributed by atoms with Crippen LogP contribution in [0.4, 0.5) is 0 Å². The van der Waals surface area contributed by atoms with E-state index in [1.807, 2.05) is 0 Å². The quantitative estimate of drug-likeness (QED) is 0.832. The van der Waals surface area contributed by atoms with Gasteiger partial charge < -0.3 is 10.1 Å². The number of rotatable bonds is 6. The lowest BCUT2D eigenvalue weighted by Gasteiger charge is -2.22. The van der Waals surface area contributed by atoms with Crippen molar-refractivity contribution in [3.05, 3.63) is 35.9 Å². The van der Waals surface area contributed by atoms with Gasteiger partial charge in [-0.05, 0) is 30.2 Å². The monoisotopic (exact) mass is 247 g/mol. The SMILES string of the molecule is CC(C)CC(NCC1CCOC1)c1ccccc1. The first-order valence-electron chi connectivity index (χ1n) is 7.11. The molecule has 0 radical (unpaired) electrons. The van der Waals surface area contributed by atoms with Crippen LogP contribution in [0.3, 0.4) is 0 Å². The Hall–Kier alpha value is -0.860. The summed E-state index contributed by atoms with van der Waals surface area (Å²) in [4.78, 5) is 0. The lowest BCUT2D eigenvalue weighted by Crippen LogP contribution is -2.28. The number of hydrogen-bond donors (Lipinski definition) is 1. The van der Waals surface area contributed by atoms with Gasteiger partial charge in [0.1, 0.15) is 0 Å². The third-order valence-electron chi connectivity index (χ3n) is 3.59. The van der Waals surface area contributed by atoms with Crippen LogP contribution in [0, 0.1) is 11.8 Å². The van der Waals surface area contributed by atoms with Crippen LogP contribution >= 0.6 is 0 Å². The van der Waals surface area contributed by atoms with Crippen LogP contribution < -0.4 is 5.32 Å². The van der Waals surface area contributed by atoms with Crippen LogP contribution in [0.5, 0.6) is 0 Å². The fourth-order valence-electron chi connectivity index (χ4n) is 2.55. The van der Waals surface area contributed by atoms with Gasteiger partial charge in [0.05, 0.1) is 6.61 Å². The summed E-state index contributed by atoms with van der Waals surface area (Å²) in [5.74, 6) is 1.41. The Morgan fingerprint density at radius 2 is 2.06 bits per heavy atom. The van der Waals surface area contributed by atoms with Crippen molar-refractivity contribution in [2.24, 2.45) is 11.8 Å². The average molecular weight is 247 g/mol. The van der Waals surface area contributed by atoms with E-state index >= 15 is 0 Å². The van der Waals surface area contributed by atoms with Gasteiger partial charge in [0, 0.05) is 19.2 Å². The molecule has 100 valence electrons. The van der Waals surface area contributed by atoms with Gasteiger partial charge in [-0.25, -0.2) is 0 Å². The molecule has 2 heteroatoms. The van der Waals surface area contributed by atoms with Crippen LogP contribution in [0.1, 0.15) is 38.3 Å². The summed E-state index contributed by atoms with van der Waals surface area (Å²) < 4.78 is 5.44. The van der Waals surface area contributed by atoms with Gasteiger partial charge in [0.15, 0.2) is 0 Å². The van der Waals surface area contributed by atoms with Crippen molar-refractivity contribution in [2.45, 2.75) is 32.7 Å². The average Bonchev–Trinajstić information content (AvgIpc) is 2.88. The summed E-state index contributed by atoms with van der Waals surface area (Å²) in [6.45, 7) is 7.52. The molecule has 1 aliphatic rings. The molecule has 0 aromatic heterocycles. The van der Waals surface area contributed by atoms with E-state index in [4.69, 9.17) is 4.74 Å². The molecule has 2 unspecified atom stereocenters. The Morgan fingerprint density at radius 3 is 2.67 bits per heavy atom. The molecule has 2 nitrogen and oxygen atoms in total. The van der Waals surface area contributed by atoms with E-state index in [0.717, 1.165) is 19.8 Å². The molecule has 0 aliphatic carbocycles. The Bertz CT molecular complexity index is 330. The first-order chi connectivity index (χ1) is 8.75. The molecule has 2 atom stereocenters. The van der Waals surface area contributed by atoms with Gasteiger partial charge in [0.25, 0.3) is 0 Å². The summed E-state index contributed by atoms with van der Waals surface area (Å²) in [7, 11) is 0. The molecule has 1 saturated heterocycles. The molecule has 2 rings (SSSR count). The van der Waals surface area contributed by atoms with Gasteiger partial charge in [-0.15, -0.1) is 0 Å². The smallest absolute Gasteiger partial charge is 0.0507 e. The number of hydrogen-bond acceptors (Lipinski definition) is 2. The topological polar surface area (TPSA) is 21.3 Å². The molecule has 0 amide bonds. The summed E-state index contributed by atoms with van der Waals surface area (Å²) in [6.07, 6.45) is 2.40. The van der Waals surface area contributed by atoms with Gasteiger partial charge in [-0.3, -0.25) is 0 Å². The second-order valence-corrected chi connectivity index (χ2v) is 5.73. The first kappa shape index (κ1) is 13.6. The minimum atomic E-state index is 0.479. The highest BCUT2D eigenvalue weighted by atomic mass is 16.5. The van der Waals surface area contributed by atoms with Crippen LogP contribution in [-0.4, -0.2) is 19.8 Å². The molecule has 1 fully saturated rings. The third kappa shape index (κ3) is 4.11. The second kappa shape index (κ2) is 6.91. The van der Waals surface area contributed by atoms with Crippen molar-refractivity contribution >= 4 is 0 Å². The van der Waals surface area contributed by atoms with E-state index in [9.17, 15) is 0 Å². The summed E-state index contributed by atoms with van der Waals surface area (Å²) in [6, 6.07) is 11.3. The standard InChI is InChI=1S/C16H25NO/c1-13(2)10-16(15-6-4-3-5-7-15)17-11-14-8-9-18-12-14/h3-7,13-14,16-17H,8-12H2,1-2H3. The van der Waals surface area contributed by atoms with Crippen molar-refractivity contribution in [1.82, 2.24) is 5.32 Å². The van der Waals surface area contributed by atoms with Crippen molar-refractivity contribution in [3.8, 4) is 0 Å². The summed E-state index contributed by atoms with van der Waals surface area (Å²) in [5, 5.41) is 3.73. The number of benzene rings is 1. The molecule has 0 saturated carbocycles. The summed E-state index contributed by atoms with van der Waals surface area (Å²) in [5.41, 5.74) is 1.41. The highest BCUT2D eigenvalue weighted by molar-refractivity contribution is 5.18. The molecule has 0 bridgehead atoms. The van der Waals surface area contributed by atoms with Crippen molar-refractivity contribution < 1.29 is 4.74 Å². The van der Waals surface area contributed by atoms with Gasteiger partial charge in [-0.2, -0.15) is 0 Å². The zero-order valence-corrected chi connectivity index (χ0v) is 11.6. The Morgan fingerprint density at radius 1 is 1.28 bits per heavy atom. The van der Waals surface area contributed by atoms with Crippen molar-refractivity contribution in [3.63, 3.8) is 0 Å². The van der Waals surface area contributed by atoms with Gasteiger partial charge in [0.2, 0.25) is 0 Å². The Kier molecular flexibility index (Phi) is 5.21. The summed E-state index contributed by atoms with van der Waals surface area (Å²) >= 11 is 0. The maximum Gasteiger partial charge on any atom is 0.0507 e. The molecule has 1 aliphatic heterocycles. The maximum atomic E-state index is 5.44. The fourth-order valence-corrected chi connectivity index (χ4v) is 2.55. The normalized spacial score (nSPS) is 21.4. The minimum Gasteiger partial charge on any atom is -0.381 e. The van der Waals surface area contributed by atoms with E-state index in [1.54, 1.807) is 0 Å². The van der Waals surface area contributed by atoms with E-state index < -0.39 is 0 Å². The zero-order chi connectivity index (χ0) is 12.8. The predicted octanol–water partition coefficient (Wildman–Crippen LogP) is 3.40. The highest BCUT2D eigenvalue weighted by Gasteiger charge is 2.18. The minimum absolute atomic E-state index is 0.479. The number of ether oxygens (including phenoxy) is 1.